The molecular weight excluding hydrogens is 476 g/mol. The van der Waals surface area contributed by atoms with Gasteiger partial charge in [-0.1, -0.05) is 35.5 Å². The molecule has 0 bridgehead atoms. The second-order valence-electron chi connectivity index (χ2n) is 9.45. The van der Waals surface area contributed by atoms with E-state index in [1.54, 1.807) is 63.2 Å². The summed E-state index contributed by atoms with van der Waals surface area (Å²) in [6.45, 7) is 7.73. The maximum absolute atomic E-state index is 12.7. The Labute approximate surface area is 212 Å². The molecule has 0 aliphatic carbocycles. The van der Waals surface area contributed by atoms with Gasteiger partial charge in [-0.25, -0.2) is 13.2 Å². The molecule has 2 aromatic carbocycles. The fourth-order valence-corrected chi connectivity index (χ4v) is 4.02. The molecule has 3 aromatic rings. The van der Waals surface area contributed by atoms with E-state index in [2.05, 4.69) is 33.5 Å². The monoisotopic (exact) mass is 506 g/mol. The zero-order valence-electron chi connectivity index (χ0n) is 21.3. The van der Waals surface area contributed by atoms with Crippen LogP contribution in [0.5, 0.6) is 0 Å². The Hall–Kier alpha value is -3.63. The molecule has 0 aliphatic heterocycles. The zero-order valence-corrected chi connectivity index (χ0v) is 22.2. The molecule has 0 saturated carbocycles. The van der Waals surface area contributed by atoms with Crippen LogP contribution in [-0.4, -0.2) is 62.0 Å². The van der Waals surface area contributed by atoms with Crippen LogP contribution in [0.3, 0.4) is 0 Å². The number of benzene rings is 2. The van der Waals surface area contributed by atoms with Crippen LogP contribution >= 0.6 is 0 Å². The molecule has 3 rings (SSSR count). The number of aryl methyl sites for hydroxylation is 1. The second kappa shape index (κ2) is 11.0. The normalized spacial score (nSPS) is 11.5. The third kappa shape index (κ3) is 7.19. The molecule has 9 heteroatoms. The van der Waals surface area contributed by atoms with Gasteiger partial charge in [0.25, 0.3) is 0 Å². The first-order valence-corrected chi connectivity index (χ1v) is 12.8. The van der Waals surface area contributed by atoms with Crippen molar-refractivity contribution in [2.75, 3.05) is 27.2 Å². The van der Waals surface area contributed by atoms with Crippen molar-refractivity contribution in [2.45, 2.75) is 38.2 Å². The zero-order chi connectivity index (χ0) is 26.5. The third-order valence-electron chi connectivity index (χ3n) is 4.76. The van der Waals surface area contributed by atoms with Crippen LogP contribution in [0, 0.1) is 30.6 Å². The minimum Gasteiger partial charge on any atom is -0.442 e. The van der Waals surface area contributed by atoms with E-state index in [1.165, 1.54) is 4.68 Å². The van der Waals surface area contributed by atoms with Crippen LogP contribution in [-0.2, 0) is 14.8 Å². The summed E-state index contributed by atoms with van der Waals surface area (Å²) in [4.78, 5) is 14.8. The van der Waals surface area contributed by atoms with Crippen molar-refractivity contribution in [2.24, 2.45) is 0 Å². The highest BCUT2D eigenvalue weighted by Gasteiger charge is 2.22. The number of carbonyl (C=O) groups excluding carboxylic acids is 1. The first-order chi connectivity index (χ1) is 16.9. The molecule has 0 spiro atoms. The summed E-state index contributed by atoms with van der Waals surface area (Å²) in [5.41, 5.74) is 1.91. The quantitative estimate of drug-likeness (QED) is 0.546. The maximum atomic E-state index is 12.7. The van der Waals surface area contributed by atoms with Gasteiger partial charge in [-0.05, 0) is 78.0 Å². The van der Waals surface area contributed by atoms with Crippen LogP contribution in [0.25, 0.3) is 10.9 Å². The summed E-state index contributed by atoms with van der Waals surface area (Å²) in [5, 5.41) is 5.04. The molecule has 0 unspecified atom stereocenters. The molecule has 0 radical (unpaired) electrons. The molecule has 1 aromatic heterocycles. The predicted molar refractivity (Wildman–Crippen MR) is 140 cm³/mol. The van der Waals surface area contributed by atoms with Gasteiger partial charge in [-0.3, -0.25) is 4.90 Å². The van der Waals surface area contributed by atoms with Gasteiger partial charge >= 0.3 is 6.09 Å². The van der Waals surface area contributed by atoms with E-state index in [1.807, 2.05) is 25.9 Å². The van der Waals surface area contributed by atoms with E-state index in [0.717, 1.165) is 5.56 Å². The number of rotatable bonds is 4. The largest absolute Gasteiger partial charge is 0.442 e. The number of fused-ring (bicyclic) bond motifs is 1. The lowest BCUT2D eigenvalue weighted by molar-refractivity contribution is 0.0522. The lowest BCUT2D eigenvalue weighted by Crippen LogP contribution is -2.27. The summed E-state index contributed by atoms with van der Waals surface area (Å²) in [6.07, 6.45) is -0.600. The van der Waals surface area contributed by atoms with E-state index < -0.39 is 21.7 Å². The van der Waals surface area contributed by atoms with Crippen molar-refractivity contribution in [3.8, 4) is 23.7 Å². The van der Waals surface area contributed by atoms with Gasteiger partial charge in [0.15, 0.2) is 0 Å². The Bertz CT molecular complexity index is 1490. The summed E-state index contributed by atoms with van der Waals surface area (Å²) in [6, 6.07) is 11.8. The smallest absolute Gasteiger partial charge is 0.435 e. The van der Waals surface area contributed by atoms with Gasteiger partial charge in [0.1, 0.15) is 11.3 Å². The molecular formula is C27H30N4O4S. The number of hydrogen-bond acceptors (Lipinski definition) is 6. The average Bonchev–Trinajstić information content (AvgIpc) is 3.14. The molecule has 8 nitrogen and oxygen atoms in total. The number of nitrogens with zero attached hydrogens (tertiary/aromatic N) is 3. The van der Waals surface area contributed by atoms with Gasteiger partial charge in [-0.15, -0.1) is 0 Å². The highest BCUT2D eigenvalue weighted by atomic mass is 32.2. The number of hydrogen-bond donors (Lipinski definition) is 1. The van der Waals surface area contributed by atoms with E-state index in [-0.39, 0.29) is 11.4 Å². The number of sulfonamides is 1. The van der Waals surface area contributed by atoms with Crippen molar-refractivity contribution in [3.05, 3.63) is 59.3 Å². The highest BCUT2D eigenvalue weighted by Crippen LogP contribution is 2.21. The SMILES string of the molecule is Cc1ccc(S(=O)(=O)NCC#Cc2ccc3c(c2)c(C#CCN(C)C)nn3C(=O)OC(C)(C)C)cc1. The summed E-state index contributed by atoms with van der Waals surface area (Å²) >= 11 is 0. The number of nitrogens with one attached hydrogen (secondary N) is 1. The Morgan fingerprint density at radius 2 is 1.78 bits per heavy atom. The predicted octanol–water partition coefficient (Wildman–Crippen LogP) is 3.37. The summed E-state index contributed by atoms with van der Waals surface area (Å²) in [5.74, 6) is 11.9. The molecule has 1 N–H and O–H groups in total. The highest BCUT2D eigenvalue weighted by molar-refractivity contribution is 7.89. The average molecular weight is 507 g/mol. The fourth-order valence-electron chi connectivity index (χ4n) is 3.09. The van der Waals surface area contributed by atoms with Crippen molar-refractivity contribution >= 4 is 27.0 Å². The van der Waals surface area contributed by atoms with Gasteiger partial charge < -0.3 is 4.74 Å². The number of aromatic nitrogens is 2. The van der Waals surface area contributed by atoms with Crippen molar-refractivity contribution in [3.63, 3.8) is 0 Å². The van der Waals surface area contributed by atoms with Crippen LogP contribution in [0.15, 0.2) is 47.4 Å². The first kappa shape index (κ1) is 27.0. The van der Waals surface area contributed by atoms with Crippen LogP contribution in [0.4, 0.5) is 4.79 Å². The third-order valence-corrected chi connectivity index (χ3v) is 6.18. The van der Waals surface area contributed by atoms with Crippen LogP contribution in [0.1, 0.15) is 37.6 Å². The standard InChI is InChI=1S/C27H30N4O4S/c1-20-11-14-22(15-12-20)36(33,34)28-17-7-9-21-13-16-25-23(19-21)24(10-8-18-30(5)6)29-31(25)26(32)35-27(2,3)4/h11-16,19,28H,17-18H2,1-6H3. The Morgan fingerprint density at radius 3 is 2.42 bits per heavy atom. The summed E-state index contributed by atoms with van der Waals surface area (Å²) < 4.78 is 34.0. The van der Waals surface area contributed by atoms with Crippen molar-refractivity contribution in [1.29, 1.82) is 0 Å². The molecule has 0 amide bonds. The Balaban J connectivity index is 1.87. The lowest BCUT2D eigenvalue weighted by Gasteiger charge is -2.19. The maximum Gasteiger partial charge on any atom is 0.435 e. The van der Waals surface area contributed by atoms with Crippen molar-refractivity contribution in [1.82, 2.24) is 19.4 Å². The van der Waals surface area contributed by atoms with Gasteiger partial charge in [0, 0.05) is 10.9 Å². The van der Waals surface area contributed by atoms with Crippen LogP contribution < -0.4 is 4.72 Å². The summed E-state index contributed by atoms with van der Waals surface area (Å²) in [7, 11) is 0.168. The number of ether oxygens (including phenoxy) is 1. The van der Waals surface area contributed by atoms with Gasteiger partial charge in [0.2, 0.25) is 10.0 Å². The molecule has 1 heterocycles. The van der Waals surface area contributed by atoms with E-state index in [9.17, 15) is 13.2 Å². The first-order valence-electron chi connectivity index (χ1n) is 11.3. The van der Waals surface area contributed by atoms with E-state index >= 15 is 0 Å². The Morgan fingerprint density at radius 1 is 1.08 bits per heavy atom. The van der Waals surface area contributed by atoms with Gasteiger partial charge in [-0.2, -0.15) is 14.5 Å². The van der Waals surface area contributed by atoms with E-state index in [0.29, 0.717) is 28.7 Å². The van der Waals surface area contributed by atoms with Crippen LogP contribution in [0.2, 0.25) is 0 Å². The van der Waals surface area contributed by atoms with Crippen molar-refractivity contribution < 1.29 is 17.9 Å². The minimum absolute atomic E-state index is 0.0546. The molecule has 0 fully saturated rings. The topological polar surface area (TPSA) is 93.5 Å². The minimum atomic E-state index is -3.65. The second-order valence-corrected chi connectivity index (χ2v) is 11.2. The molecule has 0 aliphatic rings. The van der Waals surface area contributed by atoms with Gasteiger partial charge in [0.05, 0.1) is 23.5 Å². The molecule has 0 atom stereocenters. The molecule has 188 valence electrons. The van der Waals surface area contributed by atoms with E-state index in [4.69, 9.17) is 4.74 Å². The lowest BCUT2D eigenvalue weighted by atomic mass is 10.1. The Kier molecular flexibility index (Phi) is 8.21. The number of carbonyl (C=O) groups is 1. The fraction of sp³-hybridized carbons (Fsp3) is 0.333. The molecule has 36 heavy (non-hydrogen) atoms. The molecule has 0 saturated heterocycles.